The lowest BCUT2D eigenvalue weighted by atomic mass is 10.1. The summed E-state index contributed by atoms with van der Waals surface area (Å²) >= 11 is 0. The molecule has 0 spiro atoms. The summed E-state index contributed by atoms with van der Waals surface area (Å²) in [6.07, 6.45) is 1.49. The molecule has 2 aromatic rings. The lowest BCUT2D eigenvalue weighted by Gasteiger charge is -2.01. The minimum atomic E-state index is 0.168. The predicted molar refractivity (Wildman–Crippen MR) is 65.8 cm³/mol. The van der Waals surface area contributed by atoms with E-state index in [2.05, 4.69) is 34.1 Å². The first-order valence-corrected chi connectivity index (χ1v) is 5.70. The average Bonchev–Trinajstić information content (AvgIpc) is 2.71. The number of rotatable bonds is 6. The molecule has 0 fully saturated rings. The molecule has 17 heavy (non-hydrogen) atoms. The first-order chi connectivity index (χ1) is 8.33. The van der Waals surface area contributed by atoms with E-state index in [1.165, 1.54) is 18.1 Å². The molecule has 2 N–H and O–H groups in total. The van der Waals surface area contributed by atoms with Crippen molar-refractivity contribution >= 4 is 10.9 Å². The van der Waals surface area contributed by atoms with Crippen LogP contribution in [0.3, 0.4) is 0 Å². The standard InChI is InChI=1S/C13H17NO3/c1-16-17-7-5-10-2-3-13-11(8-10)9-12(14-13)4-6-15/h2-3,8-9,14-15H,4-7H2,1H3. The van der Waals surface area contributed by atoms with Gasteiger partial charge in [-0.05, 0) is 35.6 Å². The zero-order chi connectivity index (χ0) is 12.1. The van der Waals surface area contributed by atoms with Gasteiger partial charge in [0.15, 0.2) is 0 Å². The van der Waals surface area contributed by atoms with Gasteiger partial charge in [-0.15, -0.1) is 0 Å². The molecule has 1 heterocycles. The molecule has 0 radical (unpaired) electrons. The number of hydrogen-bond acceptors (Lipinski definition) is 3. The van der Waals surface area contributed by atoms with Gasteiger partial charge in [0.05, 0.1) is 13.7 Å². The molecule has 92 valence electrons. The quantitative estimate of drug-likeness (QED) is 0.456. The third-order valence-electron chi connectivity index (χ3n) is 2.71. The summed E-state index contributed by atoms with van der Waals surface area (Å²) in [7, 11) is 1.51. The van der Waals surface area contributed by atoms with Crippen molar-refractivity contribution in [1.29, 1.82) is 0 Å². The van der Waals surface area contributed by atoms with Crippen molar-refractivity contribution in [2.75, 3.05) is 20.3 Å². The number of hydrogen-bond donors (Lipinski definition) is 2. The van der Waals surface area contributed by atoms with Crippen molar-refractivity contribution in [3.8, 4) is 0 Å². The number of aromatic amines is 1. The van der Waals surface area contributed by atoms with E-state index in [9.17, 15) is 0 Å². The van der Waals surface area contributed by atoms with Crippen molar-refractivity contribution in [3.05, 3.63) is 35.5 Å². The number of fused-ring (bicyclic) bond motifs is 1. The molecule has 0 saturated carbocycles. The van der Waals surface area contributed by atoms with Gasteiger partial charge in [-0.25, -0.2) is 9.78 Å². The molecule has 1 aromatic carbocycles. The lowest BCUT2D eigenvalue weighted by Crippen LogP contribution is -1.96. The third kappa shape index (κ3) is 3.06. The molecule has 0 unspecified atom stereocenters. The SMILES string of the molecule is COOCCc1ccc2[nH]c(CCO)cc2c1. The molecule has 0 aliphatic carbocycles. The number of nitrogens with one attached hydrogen (secondary N) is 1. The monoisotopic (exact) mass is 235 g/mol. The van der Waals surface area contributed by atoms with Crippen LogP contribution in [0.4, 0.5) is 0 Å². The van der Waals surface area contributed by atoms with E-state index in [1.807, 2.05) is 0 Å². The van der Waals surface area contributed by atoms with Crippen molar-refractivity contribution in [1.82, 2.24) is 4.98 Å². The topological polar surface area (TPSA) is 54.5 Å². The Bertz CT molecular complexity index is 478. The van der Waals surface area contributed by atoms with Crippen LogP contribution >= 0.6 is 0 Å². The van der Waals surface area contributed by atoms with Gasteiger partial charge in [-0.3, -0.25) is 0 Å². The van der Waals surface area contributed by atoms with Gasteiger partial charge in [-0.1, -0.05) is 6.07 Å². The molecule has 0 aliphatic rings. The van der Waals surface area contributed by atoms with E-state index >= 15 is 0 Å². The second-order valence-corrected chi connectivity index (χ2v) is 3.93. The second-order valence-electron chi connectivity index (χ2n) is 3.93. The summed E-state index contributed by atoms with van der Waals surface area (Å²) in [5, 5.41) is 10.1. The van der Waals surface area contributed by atoms with Gasteiger partial charge in [0, 0.05) is 24.2 Å². The normalized spacial score (nSPS) is 11.2. The van der Waals surface area contributed by atoms with Gasteiger partial charge in [0.1, 0.15) is 0 Å². The minimum Gasteiger partial charge on any atom is -0.396 e. The Labute approximate surface area is 100 Å². The highest BCUT2D eigenvalue weighted by Crippen LogP contribution is 2.18. The summed E-state index contributed by atoms with van der Waals surface area (Å²) in [6, 6.07) is 8.33. The molecule has 0 saturated heterocycles. The highest BCUT2D eigenvalue weighted by molar-refractivity contribution is 5.81. The van der Waals surface area contributed by atoms with E-state index in [-0.39, 0.29) is 6.61 Å². The molecule has 0 aliphatic heterocycles. The van der Waals surface area contributed by atoms with Gasteiger partial charge in [-0.2, -0.15) is 0 Å². The van der Waals surface area contributed by atoms with Crippen LogP contribution in [0.25, 0.3) is 10.9 Å². The number of aliphatic hydroxyl groups excluding tert-OH is 1. The lowest BCUT2D eigenvalue weighted by molar-refractivity contribution is -0.271. The van der Waals surface area contributed by atoms with Crippen LogP contribution in [0.15, 0.2) is 24.3 Å². The first-order valence-electron chi connectivity index (χ1n) is 5.70. The number of H-pyrrole nitrogens is 1. The van der Waals surface area contributed by atoms with Crippen LogP contribution in [0.2, 0.25) is 0 Å². The van der Waals surface area contributed by atoms with E-state index in [0.717, 1.165) is 17.6 Å². The fourth-order valence-electron chi connectivity index (χ4n) is 1.90. The number of benzene rings is 1. The molecule has 0 bridgehead atoms. The molecule has 4 nitrogen and oxygen atoms in total. The van der Waals surface area contributed by atoms with Crippen molar-refractivity contribution in [3.63, 3.8) is 0 Å². The second kappa shape index (κ2) is 5.82. The Kier molecular flexibility index (Phi) is 4.14. The van der Waals surface area contributed by atoms with Crippen molar-refractivity contribution in [2.45, 2.75) is 12.8 Å². The fourth-order valence-corrected chi connectivity index (χ4v) is 1.90. The Morgan fingerprint density at radius 3 is 2.88 bits per heavy atom. The van der Waals surface area contributed by atoms with Crippen LogP contribution in [-0.2, 0) is 22.6 Å². The highest BCUT2D eigenvalue weighted by Gasteiger charge is 2.02. The largest absolute Gasteiger partial charge is 0.396 e. The van der Waals surface area contributed by atoms with Crippen LogP contribution in [-0.4, -0.2) is 30.4 Å². The Hall–Kier alpha value is -1.36. The summed E-state index contributed by atoms with van der Waals surface area (Å²) in [5.41, 5.74) is 3.38. The summed E-state index contributed by atoms with van der Waals surface area (Å²) in [6.45, 7) is 0.720. The smallest absolute Gasteiger partial charge is 0.0862 e. The maximum Gasteiger partial charge on any atom is 0.0862 e. The summed E-state index contributed by atoms with van der Waals surface area (Å²) in [4.78, 5) is 12.7. The molecular formula is C13H17NO3. The van der Waals surface area contributed by atoms with Gasteiger partial charge >= 0.3 is 0 Å². The molecular weight excluding hydrogens is 218 g/mol. The van der Waals surface area contributed by atoms with Gasteiger partial charge in [0.25, 0.3) is 0 Å². The minimum absolute atomic E-state index is 0.168. The van der Waals surface area contributed by atoms with Crippen molar-refractivity contribution < 1.29 is 14.9 Å². The molecule has 2 rings (SSSR count). The molecule has 0 amide bonds. The maximum atomic E-state index is 8.89. The summed E-state index contributed by atoms with van der Waals surface area (Å²) in [5.74, 6) is 0. The van der Waals surface area contributed by atoms with Gasteiger partial charge < -0.3 is 10.1 Å². The third-order valence-corrected chi connectivity index (χ3v) is 2.71. The van der Waals surface area contributed by atoms with E-state index in [0.29, 0.717) is 13.0 Å². The molecule has 1 aromatic heterocycles. The highest BCUT2D eigenvalue weighted by atomic mass is 17.2. The molecule has 0 atom stereocenters. The number of aromatic nitrogens is 1. The average molecular weight is 235 g/mol. The van der Waals surface area contributed by atoms with Crippen LogP contribution in [0.5, 0.6) is 0 Å². The van der Waals surface area contributed by atoms with E-state index < -0.39 is 0 Å². The predicted octanol–water partition coefficient (Wildman–Crippen LogP) is 1.82. The Morgan fingerprint density at radius 1 is 1.24 bits per heavy atom. The zero-order valence-corrected chi connectivity index (χ0v) is 9.90. The van der Waals surface area contributed by atoms with Crippen LogP contribution < -0.4 is 0 Å². The summed E-state index contributed by atoms with van der Waals surface area (Å²) < 4.78 is 0. The Morgan fingerprint density at radius 2 is 2.12 bits per heavy atom. The van der Waals surface area contributed by atoms with Gasteiger partial charge in [0.2, 0.25) is 0 Å². The van der Waals surface area contributed by atoms with E-state index in [1.54, 1.807) is 0 Å². The molecule has 4 heteroatoms. The maximum absolute atomic E-state index is 8.89. The number of aliphatic hydroxyl groups is 1. The van der Waals surface area contributed by atoms with Crippen molar-refractivity contribution in [2.24, 2.45) is 0 Å². The van der Waals surface area contributed by atoms with Crippen LogP contribution in [0.1, 0.15) is 11.3 Å². The zero-order valence-electron chi connectivity index (χ0n) is 9.90. The first kappa shape index (κ1) is 12.1. The van der Waals surface area contributed by atoms with E-state index in [4.69, 9.17) is 9.99 Å². The fraction of sp³-hybridized carbons (Fsp3) is 0.385. The van der Waals surface area contributed by atoms with Crippen LogP contribution in [0, 0.1) is 0 Å². The Balaban J connectivity index is 2.12.